The summed E-state index contributed by atoms with van der Waals surface area (Å²) in [7, 11) is 3.85. The van der Waals surface area contributed by atoms with Crippen molar-refractivity contribution in [2.75, 3.05) is 20.8 Å². The maximum atomic E-state index is 5.95. The van der Waals surface area contributed by atoms with Crippen molar-refractivity contribution in [1.82, 2.24) is 5.32 Å². The van der Waals surface area contributed by atoms with Gasteiger partial charge >= 0.3 is 0 Å². The number of fused-ring (bicyclic) bond motifs is 1. The van der Waals surface area contributed by atoms with E-state index in [-0.39, 0.29) is 11.6 Å². The molecule has 1 aliphatic heterocycles. The number of likely N-dealkylation sites (N-methyl/N-ethyl adjacent to an activating group) is 1. The molecule has 1 aliphatic carbocycles. The van der Waals surface area contributed by atoms with Gasteiger partial charge in [-0.3, -0.25) is 0 Å². The molecular weight excluding hydrogens is 238 g/mol. The van der Waals surface area contributed by atoms with E-state index in [0.717, 1.165) is 38.0 Å². The number of ether oxygens (including phenoxy) is 2. The van der Waals surface area contributed by atoms with Crippen LogP contribution in [-0.2, 0) is 11.2 Å². The van der Waals surface area contributed by atoms with Crippen LogP contribution in [0.3, 0.4) is 0 Å². The molecule has 1 atom stereocenters. The Morgan fingerprint density at radius 1 is 1.32 bits per heavy atom. The first kappa shape index (κ1) is 12.9. The van der Waals surface area contributed by atoms with Crippen LogP contribution >= 0.6 is 0 Å². The number of hydrogen-bond acceptors (Lipinski definition) is 3. The second-order valence-electron chi connectivity index (χ2n) is 5.63. The van der Waals surface area contributed by atoms with Gasteiger partial charge in [-0.15, -0.1) is 0 Å². The largest absolute Gasteiger partial charge is 0.493 e. The third-order valence-electron chi connectivity index (χ3n) is 4.70. The molecule has 2 aliphatic rings. The van der Waals surface area contributed by atoms with Gasteiger partial charge in [-0.05, 0) is 44.7 Å². The van der Waals surface area contributed by atoms with Crippen LogP contribution in [0.25, 0.3) is 0 Å². The average Bonchev–Trinajstić information content (AvgIpc) is 2.42. The number of para-hydroxylation sites is 1. The molecule has 19 heavy (non-hydrogen) atoms. The molecular formula is C16H23NO2. The highest BCUT2D eigenvalue weighted by Gasteiger charge is 2.45. The highest BCUT2D eigenvalue weighted by atomic mass is 16.5. The van der Waals surface area contributed by atoms with Crippen molar-refractivity contribution in [3.63, 3.8) is 0 Å². The lowest BCUT2D eigenvalue weighted by Gasteiger charge is -2.47. The maximum Gasteiger partial charge on any atom is 0.127 e. The highest BCUT2D eigenvalue weighted by Crippen LogP contribution is 2.47. The lowest BCUT2D eigenvalue weighted by Crippen LogP contribution is -2.49. The van der Waals surface area contributed by atoms with Crippen molar-refractivity contribution in [2.45, 2.75) is 43.7 Å². The first-order valence-electron chi connectivity index (χ1n) is 7.28. The fourth-order valence-corrected chi connectivity index (χ4v) is 3.48. The Morgan fingerprint density at radius 3 is 2.79 bits per heavy atom. The van der Waals surface area contributed by atoms with Gasteiger partial charge in [-0.25, -0.2) is 0 Å². The van der Waals surface area contributed by atoms with Gasteiger partial charge in [-0.1, -0.05) is 18.2 Å². The predicted octanol–water partition coefficient (Wildman–Crippen LogP) is 2.84. The smallest absolute Gasteiger partial charge is 0.127 e. The number of methoxy groups -OCH3 is 1. The molecule has 3 rings (SSSR count). The van der Waals surface area contributed by atoms with Crippen LogP contribution in [0, 0.1) is 0 Å². The summed E-state index contributed by atoms with van der Waals surface area (Å²) in [5.74, 6) is 1.09. The van der Waals surface area contributed by atoms with E-state index in [9.17, 15) is 0 Å². The van der Waals surface area contributed by atoms with Gasteiger partial charge in [0.05, 0.1) is 18.2 Å². The van der Waals surface area contributed by atoms with Gasteiger partial charge < -0.3 is 14.8 Å². The Hall–Kier alpha value is -1.06. The Labute approximate surface area is 115 Å². The molecule has 3 nitrogen and oxygen atoms in total. The average molecular weight is 261 g/mol. The zero-order chi connectivity index (χ0) is 13.3. The summed E-state index contributed by atoms with van der Waals surface area (Å²) in [5, 5.41) is 3.46. The summed E-state index contributed by atoms with van der Waals surface area (Å²) in [6.45, 7) is 0.834. The molecule has 0 spiro atoms. The topological polar surface area (TPSA) is 30.5 Å². The molecule has 1 fully saturated rings. The van der Waals surface area contributed by atoms with E-state index in [1.807, 2.05) is 14.2 Å². The van der Waals surface area contributed by atoms with Gasteiger partial charge in [0, 0.05) is 12.7 Å². The molecule has 0 radical (unpaired) electrons. The third-order valence-corrected chi connectivity index (χ3v) is 4.70. The van der Waals surface area contributed by atoms with E-state index < -0.39 is 0 Å². The van der Waals surface area contributed by atoms with Crippen molar-refractivity contribution >= 4 is 0 Å². The van der Waals surface area contributed by atoms with E-state index in [4.69, 9.17) is 9.47 Å². The van der Waals surface area contributed by atoms with Crippen molar-refractivity contribution in [1.29, 1.82) is 0 Å². The minimum atomic E-state index is -0.0509. The monoisotopic (exact) mass is 261 g/mol. The first-order chi connectivity index (χ1) is 9.30. The Balaban J connectivity index is 2.00. The molecule has 1 aromatic carbocycles. The van der Waals surface area contributed by atoms with Crippen molar-refractivity contribution in [2.24, 2.45) is 0 Å². The zero-order valence-electron chi connectivity index (χ0n) is 11.9. The lowest BCUT2D eigenvalue weighted by molar-refractivity contribution is -0.0987. The summed E-state index contributed by atoms with van der Waals surface area (Å²) >= 11 is 0. The van der Waals surface area contributed by atoms with Crippen LogP contribution in [0.15, 0.2) is 18.2 Å². The second kappa shape index (κ2) is 5.14. The fourth-order valence-electron chi connectivity index (χ4n) is 3.48. The number of hydrogen-bond donors (Lipinski definition) is 1. The standard InChI is InChI=1S/C16H23NO2/c1-17-15(16(18-2)9-5-10-16)13-8-3-6-12-7-4-11-19-14(12)13/h3,6,8,15,17H,4-5,7,9-11H2,1-2H3. The van der Waals surface area contributed by atoms with Crippen molar-refractivity contribution in [3.05, 3.63) is 29.3 Å². The molecule has 0 amide bonds. The van der Waals surface area contributed by atoms with E-state index in [2.05, 4.69) is 23.5 Å². The Bertz CT molecular complexity index is 449. The van der Waals surface area contributed by atoms with Gasteiger partial charge in [0.15, 0.2) is 0 Å². The molecule has 3 heteroatoms. The molecule has 0 saturated heterocycles. The van der Waals surface area contributed by atoms with Crippen LogP contribution in [0.1, 0.15) is 42.9 Å². The van der Waals surface area contributed by atoms with Crippen LogP contribution in [0.2, 0.25) is 0 Å². The molecule has 1 aromatic rings. The molecule has 1 saturated carbocycles. The second-order valence-corrected chi connectivity index (χ2v) is 5.63. The van der Waals surface area contributed by atoms with Gasteiger partial charge in [0.1, 0.15) is 5.75 Å². The molecule has 1 N–H and O–H groups in total. The van der Waals surface area contributed by atoms with E-state index in [0.29, 0.717) is 0 Å². The van der Waals surface area contributed by atoms with Gasteiger partial charge in [0.2, 0.25) is 0 Å². The van der Waals surface area contributed by atoms with Crippen molar-refractivity contribution in [3.8, 4) is 5.75 Å². The normalized spacial score (nSPS) is 22.0. The Morgan fingerprint density at radius 2 is 2.16 bits per heavy atom. The zero-order valence-corrected chi connectivity index (χ0v) is 11.9. The number of nitrogens with one attached hydrogen (secondary N) is 1. The number of benzene rings is 1. The molecule has 1 unspecified atom stereocenters. The summed E-state index contributed by atoms with van der Waals surface area (Å²) in [6, 6.07) is 6.74. The number of aryl methyl sites for hydroxylation is 1. The Kier molecular flexibility index (Phi) is 3.50. The summed E-state index contributed by atoms with van der Waals surface area (Å²) in [5.41, 5.74) is 2.56. The van der Waals surface area contributed by atoms with E-state index >= 15 is 0 Å². The summed E-state index contributed by atoms with van der Waals surface area (Å²) in [4.78, 5) is 0. The predicted molar refractivity (Wildman–Crippen MR) is 75.6 cm³/mol. The molecule has 104 valence electrons. The molecule has 1 heterocycles. The van der Waals surface area contributed by atoms with E-state index in [1.165, 1.54) is 17.5 Å². The first-order valence-corrected chi connectivity index (χ1v) is 7.28. The molecule has 0 bridgehead atoms. The minimum Gasteiger partial charge on any atom is -0.493 e. The SMILES string of the molecule is CNC(c1cccc2c1OCCC2)C1(OC)CCC1. The highest BCUT2D eigenvalue weighted by molar-refractivity contribution is 5.45. The molecule has 0 aromatic heterocycles. The van der Waals surface area contributed by atoms with Crippen LogP contribution in [0.5, 0.6) is 5.75 Å². The van der Waals surface area contributed by atoms with Gasteiger partial charge in [0.25, 0.3) is 0 Å². The van der Waals surface area contributed by atoms with Crippen LogP contribution < -0.4 is 10.1 Å². The van der Waals surface area contributed by atoms with Crippen LogP contribution in [-0.4, -0.2) is 26.4 Å². The van der Waals surface area contributed by atoms with Crippen molar-refractivity contribution < 1.29 is 9.47 Å². The van der Waals surface area contributed by atoms with Crippen LogP contribution in [0.4, 0.5) is 0 Å². The number of rotatable bonds is 4. The summed E-state index contributed by atoms with van der Waals surface area (Å²) < 4.78 is 11.8. The summed E-state index contributed by atoms with van der Waals surface area (Å²) in [6.07, 6.45) is 5.74. The minimum absolute atomic E-state index is 0.0509. The lowest BCUT2D eigenvalue weighted by atomic mass is 9.71. The van der Waals surface area contributed by atoms with Gasteiger partial charge in [-0.2, -0.15) is 0 Å². The maximum absolute atomic E-state index is 5.95. The third kappa shape index (κ3) is 2.05. The quantitative estimate of drug-likeness (QED) is 0.904. The fraction of sp³-hybridized carbons (Fsp3) is 0.625. The van der Waals surface area contributed by atoms with E-state index in [1.54, 1.807) is 0 Å².